The van der Waals surface area contributed by atoms with Crippen molar-refractivity contribution in [3.05, 3.63) is 69.8 Å². The number of carbonyl (C=O) groups excluding carboxylic acids is 1. The number of Topliss-reactive ketones (excluding diaryl/α,β-unsaturated/α-hetero) is 1. The number of aryl methyl sites for hydroxylation is 1. The predicted molar refractivity (Wildman–Crippen MR) is 70.4 cm³/mol. The lowest BCUT2D eigenvalue weighted by Gasteiger charge is -2.05. The molecule has 0 N–H and O–H groups in total. The molecule has 0 aliphatic carbocycles. The van der Waals surface area contributed by atoms with Gasteiger partial charge in [0.2, 0.25) is 0 Å². The van der Waals surface area contributed by atoms with Crippen LogP contribution in [-0.2, 0) is 6.42 Å². The summed E-state index contributed by atoms with van der Waals surface area (Å²) in [4.78, 5) is 11.8. The molecule has 2 rings (SSSR count). The third-order valence-electron chi connectivity index (χ3n) is 2.92. The van der Waals surface area contributed by atoms with Gasteiger partial charge >= 0.3 is 0 Å². The maximum absolute atomic E-state index is 13.5. The van der Waals surface area contributed by atoms with Crippen molar-refractivity contribution in [3.63, 3.8) is 0 Å². The molecule has 0 amide bonds. The van der Waals surface area contributed by atoms with Crippen LogP contribution in [0.15, 0.2) is 30.3 Å². The van der Waals surface area contributed by atoms with Gasteiger partial charge in [0.15, 0.2) is 23.2 Å². The number of hydrogen-bond donors (Lipinski definition) is 0. The van der Waals surface area contributed by atoms with E-state index in [0.717, 1.165) is 18.2 Å². The van der Waals surface area contributed by atoms with E-state index in [1.165, 1.54) is 12.1 Å². The van der Waals surface area contributed by atoms with Crippen molar-refractivity contribution in [1.29, 1.82) is 0 Å². The van der Waals surface area contributed by atoms with E-state index in [1.54, 1.807) is 0 Å². The zero-order chi connectivity index (χ0) is 15.6. The normalized spacial score (nSPS) is 10.7. The SMILES string of the molecule is O=C(CCc1cc(F)c(F)c(F)c1)c1ccc(Cl)cc1F. The van der Waals surface area contributed by atoms with Gasteiger partial charge in [0, 0.05) is 11.4 Å². The molecule has 0 aromatic heterocycles. The molecular weight excluding hydrogens is 308 g/mol. The van der Waals surface area contributed by atoms with E-state index in [9.17, 15) is 22.4 Å². The maximum atomic E-state index is 13.5. The van der Waals surface area contributed by atoms with E-state index in [2.05, 4.69) is 0 Å². The molecule has 0 atom stereocenters. The van der Waals surface area contributed by atoms with Gasteiger partial charge in [0.25, 0.3) is 0 Å². The molecule has 0 bridgehead atoms. The van der Waals surface area contributed by atoms with Gasteiger partial charge in [-0.05, 0) is 42.3 Å². The summed E-state index contributed by atoms with van der Waals surface area (Å²) in [6.07, 6.45) is -0.196. The highest BCUT2D eigenvalue weighted by atomic mass is 35.5. The van der Waals surface area contributed by atoms with Crippen molar-refractivity contribution in [3.8, 4) is 0 Å². The van der Waals surface area contributed by atoms with Gasteiger partial charge in [-0.2, -0.15) is 0 Å². The molecule has 0 saturated heterocycles. The quantitative estimate of drug-likeness (QED) is 0.453. The largest absolute Gasteiger partial charge is 0.294 e. The minimum Gasteiger partial charge on any atom is -0.294 e. The standard InChI is InChI=1S/C15H9ClF4O/c16-9-2-3-10(11(17)7-9)14(21)4-1-8-5-12(18)15(20)13(19)6-8/h2-3,5-7H,1,4H2. The molecular formula is C15H9ClF4O. The predicted octanol–water partition coefficient (Wildman–Crippen LogP) is 4.71. The fourth-order valence-electron chi connectivity index (χ4n) is 1.86. The third-order valence-corrected chi connectivity index (χ3v) is 3.15. The van der Waals surface area contributed by atoms with Crippen LogP contribution in [0.1, 0.15) is 22.3 Å². The van der Waals surface area contributed by atoms with Gasteiger partial charge in [-0.15, -0.1) is 0 Å². The molecule has 0 saturated carbocycles. The van der Waals surface area contributed by atoms with Crippen molar-refractivity contribution >= 4 is 17.4 Å². The Kier molecular flexibility index (Phi) is 4.63. The number of ketones is 1. The van der Waals surface area contributed by atoms with Crippen molar-refractivity contribution in [2.24, 2.45) is 0 Å². The van der Waals surface area contributed by atoms with Gasteiger partial charge in [-0.25, -0.2) is 17.6 Å². The van der Waals surface area contributed by atoms with Crippen molar-refractivity contribution in [2.75, 3.05) is 0 Å². The molecule has 110 valence electrons. The second-order valence-electron chi connectivity index (χ2n) is 4.42. The van der Waals surface area contributed by atoms with E-state index in [1.807, 2.05) is 0 Å². The fraction of sp³-hybridized carbons (Fsp3) is 0.133. The highest BCUT2D eigenvalue weighted by molar-refractivity contribution is 6.30. The zero-order valence-electron chi connectivity index (χ0n) is 10.6. The van der Waals surface area contributed by atoms with Crippen LogP contribution in [0.3, 0.4) is 0 Å². The lowest BCUT2D eigenvalue weighted by molar-refractivity contribution is 0.0979. The van der Waals surface area contributed by atoms with Crippen LogP contribution in [0.2, 0.25) is 5.02 Å². The first-order valence-corrected chi connectivity index (χ1v) is 6.38. The monoisotopic (exact) mass is 316 g/mol. The average Bonchev–Trinajstić information content (AvgIpc) is 2.42. The topological polar surface area (TPSA) is 17.1 Å². The Morgan fingerprint density at radius 3 is 2.14 bits per heavy atom. The van der Waals surface area contributed by atoms with Gasteiger partial charge in [0.1, 0.15) is 5.82 Å². The first-order chi connectivity index (χ1) is 9.88. The van der Waals surface area contributed by atoms with Gasteiger partial charge < -0.3 is 0 Å². The molecule has 0 aliphatic heterocycles. The minimum absolute atomic E-state index is 0.0327. The summed E-state index contributed by atoms with van der Waals surface area (Å²) >= 11 is 5.57. The molecule has 0 heterocycles. The number of hydrogen-bond acceptors (Lipinski definition) is 1. The fourth-order valence-corrected chi connectivity index (χ4v) is 2.02. The first-order valence-electron chi connectivity index (χ1n) is 6.00. The van der Waals surface area contributed by atoms with Crippen molar-refractivity contribution < 1.29 is 22.4 Å². The van der Waals surface area contributed by atoms with Gasteiger partial charge in [0.05, 0.1) is 5.56 Å². The van der Waals surface area contributed by atoms with E-state index < -0.39 is 29.1 Å². The molecule has 21 heavy (non-hydrogen) atoms. The summed E-state index contributed by atoms with van der Waals surface area (Å²) in [6, 6.07) is 5.24. The van der Waals surface area contributed by atoms with E-state index in [-0.39, 0.29) is 29.0 Å². The summed E-state index contributed by atoms with van der Waals surface area (Å²) in [5, 5.41) is 0.159. The number of rotatable bonds is 4. The van der Waals surface area contributed by atoms with E-state index in [4.69, 9.17) is 11.6 Å². The number of carbonyl (C=O) groups is 1. The second-order valence-corrected chi connectivity index (χ2v) is 4.86. The Balaban J connectivity index is 2.11. The summed E-state index contributed by atoms with van der Waals surface area (Å²) in [5.41, 5.74) is -0.0309. The van der Waals surface area contributed by atoms with Crippen LogP contribution < -0.4 is 0 Å². The highest BCUT2D eigenvalue weighted by Gasteiger charge is 2.14. The van der Waals surface area contributed by atoms with Gasteiger partial charge in [-0.3, -0.25) is 4.79 Å². The summed E-state index contributed by atoms with van der Waals surface area (Å²) < 4.78 is 52.4. The van der Waals surface area contributed by atoms with Crippen LogP contribution in [-0.4, -0.2) is 5.78 Å². The van der Waals surface area contributed by atoms with Crippen LogP contribution >= 0.6 is 11.6 Å². The lowest BCUT2D eigenvalue weighted by Crippen LogP contribution is -2.05. The highest BCUT2D eigenvalue weighted by Crippen LogP contribution is 2.18. The number of benzene rings is 2. The lowest BCUT2D eigenvalue weighted by atomic mass is 10.0. The van der Waals surface area contributed by atoms with Crippen molar-refractivity contribution in [1.82, 2.24) is 0 Å². The zero-order valence-corrected chi connectivity index (χ0v) is 11.4. The van der Waals surface area contributed by atoms with E-state index in [0.29, 0.717) is 0 Å². The summed E-state index contributed by atoms with van der Waals surface area (Å²) in [6.45, 7) is 0. The second kappa shape index (κ2) is 6.26. The third kappa shape index (κ3) is 3.61. The smallest absolute Gasteiger partial charge is 0.194 e. The molecule has 1 nitrogen and oxygen atoms in total. The Morgan fingerprint density at radius 2 is 1.57 bits per heavy atom. The van der Waals surface area contributed by atoms with Crippen LogP contribution in [0.25, 0.3) is 0 Å². The molecule has 0 spiro atoms. The molecule has 2 aromatic carbocycles. The molecule has 0 fully saturated rings. The van der Waals surface area contributed by atoms with Crippen LogP contribution in [0.4, 0.5) is 17.6 Å². The minimum atomic E-state index is -1.56. The molecule has 6 heteroatoms. The number of halogens is 5. The average molecular weight is 317 g/mol. The Hall–Kier alpha value is -1.88. The Labute approximate surface area is 123 Å². The van der Waals surface area contributed by atoms with Crippen LogP contribution in [0.5, 0.6) is 0 Å². The van der Waals surface area contributed by atoms with E-state index >= 15 is 0 Å². The maximum Gasteiger partial charge on any atom is 0.194 e. The Bertz CT molecular complexity index is 677. The van der Waals surface area contributed by atoms with Crippen molar-refractivity contribution in [2.45, 2.75) is 12.8 Å². The summed E-state index contributed by atoms with van der Waals surface area (Å²) in [5.74, 6) is -5.50. The molecule has 0 aliphatic rings. The van der Waals surface area contributed by atoms with Gasteiger partial charge in [-0.1, -0.05) is 11.6 Å². The summed E-state index contributed by atoms with van der Waals surface area (Å²) in [7, 11) is 0. The molecule has 0 radical (unpaired) electrons. The Morgan fingerprint density at radius 1 is 0.952 bits per heavy atom. The molecule has 0 unspecified atom stereocenters. The first kappa shape index (κ1) is 15.5. The molecule has 2 aromatic rings. The van der Waals surface area contributed by atoms with Crippen LogP contribution in [0, 0.1) is 23.3 Å².